The lowest BCUT2D eigenvalue weighted by Gasteiger charge is -2.22. The molecule has 1 fully saturated rings. The molecular formula is C12H27N3O2S. The molecule has 0 spiro atoms. The average Bonchev–Trinajstić information content (AvgIpc) is 2.68. The first kappa shape index (κ1) is 15.9. The molecule has 0 aromatic rings. The average molecular weight is 277 g/mol. The van der Waals surface area contributed by atoms with Gasteiger partial charge in [0.1, 0.15) is 0 Å². The van der Waals surface area contributed by atoms with Crippen LogP contribution in [0.15, 0.2) is 0 Å². The number of likely N-dealkylation sites (N-methyl/N-ethyl adjacent to an activating group) is 1. The van der Waals surface area contributed by atoms with Crippen LogP contribution in [0, 0.1) is 5.92 Å². The number of nitrogens with zero attached hydrogens (tertiary/aromatic N) is 2. The van der Waals surface area contributed by atoms with E-state index in [9.17, 15) is 8.42 Å². The number of sulfonamides is 1. The number of hydrogen-bond acceptors (Lipinski definition) is 4. The number of nitrogens with one attached hydrogen (secondary N) is 1. The van der Waals surface area contributed by atoms with Gasteiger partial charge in [-0.25, -0.2) is 12.7 Å². The van der Waals surface area contributed by atoms with Crippen molar-refractivity contribution in [3.63, 3.8) is 0 Å². The fraction of sp³-hybridized carbons (Fsp3) is 1.00. The van der Waals surface area contributed by atoms with E-state index in [0.717, 1.165) is 19.4 Å². The Bertz CT molecular complexity index is 343. The van der Waals surface area contributed by atoms with E-state index in [0.29, 0.717) is 25.0 Å². The van der Waals surface area contributed by atoms with Gasteiger partial charge in [-0.05, 0) is 46.4 Å². The van der Waals surface area contributed by atoms with Gasteiger partial charge in [-0.3, -0.25) is 0 Å². The van der Waals surface area contributed by atoms with Gasteiger partial charge in [0.25, 0.3) is 0 Å². The lowest BCUT2D eigenvalue weighted by Crippen LogP contribution is -2.36. The Morgan fingerprint density at radius 2 is 1.94 bits per heavy atom. The molecule has 5 nitrogen and oxygen atoms in total. The summed E-state index contributed by atoms with van der Waals surface area (Å²) in [5, 5.41) is 3.04. The summed E-state index contributed by atoms with van der Waals surface area (Å²) in [5.41, 5.74) is 0. The summed E-state index contributed by atoms with van der Waals surface area (Å²) >= 11 is 0. The lowest BCUT2D eigenvalue weighted by molar-refractivity contribution is 0.263. The van der Waals surface area contributed by atoms with Gasteiger partial charge < -0.3 is 10.2 Å². The minimum absolute atomic E-state index is 0.279. The second-order valence-electron chi connectivity index (χ2n) is 5.45. The molecule has 1 saturated heterocycles. The van der Waals surface area contributed by atoms with Crippen molar-refractivity contribution in [2.75, 3.05) is 46.5 Å². The summed E-state index contributed by atoms with van der Waals surface area (Å²) < 4.78 is 26.1. The van der Waals surface area contributed by atoms with E-state index in [1.807, 2.05) is 21.1 Å². The topological polar surface area (TPSA) is 52.7 Å². The zero-order chi connectivity index (χ0) is 13.8. The fourth-order valence-electron chi connectivity index (χ4n) is 2.52. The van der Waals surface area contributed by atoms with Crippen molar-refractivity contribution in [2.45, 2.75) is 25.8 Å². The molecule has 1 rings (SSSR count). The third-order valence-electron chi connectivity index (χ3n) is 3.67. The van der Waals surface area contributed by atoms with Crippen molar-refractivity contribution in [3.8, 4) is 0 Å². The molecule has 0 bridgehead atoms. The summed E-state index contributed by atoms with van der Waals surface area (Å²) in [6.45, 7) is 4.31. The van der Waals surface area contributed by atoms with E-state index < -0.39 is 10.0 Å². The van der Waals surface area contributed by atoms with Gasteiger partial charge in [0.2, 0.25) is 10.0 Å². The highest BCUT2D eigenvalue weighted by Gasteiger charge is 2.36. The first-order chi connectivity index (χ1) is 8.38. The predicted molar refractivity (Wildman–Crippen MR) is 75.2 cm³/mol. The zero-order valence-electron chi connectivity index (χ0n) is 12.0. The third-order valence-corrected chi connectivity index (χ3v) is 5.56. The van der Waals surface area contributed by atoms with Crippen LogP contribution in [0.2, 0.25) is 0 Å². The molecule has 1 N–H and O–H groups in total. The van der Waals surface area contributed by atoms with E-state index in [-0.39, 0.29) is 5.75 Å². The molecule has 1 heterocycles. The maximum absolute atomic E-state index is 12.2. The molecule has 0 aliphatic carbocycles. The molecule has 0 aromatic carbocycles. The van der Waals surface area contributed by atoms with Crippen molar-refractivity contribution in [2.24, 2.45) is 5.92 Å². The molecule has 2 unspecified atom stereocenters. The Balaban J connectivity index is 2.49. The molecule has 1 aliphatic rings. The lowest BCUT2D eigenvalue weighted by atomic mass is 10.1. The number of hydrogen-bond donors (Lipinski definition) is 1. The van der Waals surface area contributed by atoms with Crippen LogP contribution in [0.1, 0.15) is 19.8 Å². The van der Waals surface area contributed by atoms with Crippen molar-refractivity contribution >= 4 is 10.0 Å². The van der Waals surface area contributed by atoms with E-state index in [1.165, 1.54) is 0 Å². The van der Waals surface area contributed by atoms with Crippen LogP contribution in [0.25, 0.3) is 0 Å². The minimum atomic E-state index is -3.06. The largest absolute Gasteiger partial charge is 0.320 e. The molecule has 0 radical (unpaired) electrons. The van der Waals surface area contributed by atoms with Gasteiger partial charge in [0, 0.05) is 19.1 Å². The highest BCUT2D eigenvalue weighted by molar-refractivity contribution is 7.89. The van der Waals surface area contributed by atoms with Gasteiger partial charge in [0.05, 0.1) is 5.75 Å². The Kier molecular flexibility index (Phi) is 6.04. The Morgan fingerprint density at radius 1 is 1.28 bits per heavy atom. The second kappa shape index (κ2) is 6.84. The SMILES string of the molecule is CNCCCCS(=O)(=O)N1CC(C)C(N(C)C)C1. The van der Waals surface area contributed by atoms with Crippen LogP contribution >= 0.6 is 0 Å². The van der Waals surface area contributed by atoms with E-state index in [4.69, 9.17) is 0 Å². The summed E-state index contributed by atoms with van der Waals surface area (Å²) in [6.07, 6.45) is 1.65. The fourth-order valence-corrected chi connectivity index (χ4v) is 4.19. The monoisotopic (exact) mass is 277 g/mol. The Hall–Kier alpha value is -0.170. The van der Waals surface area contributed by atoms with E-state index in [1.54, 1.807) is 4.31 Å². The van der Waals surface area contributed by atoms with Gasteiger partial charge in [0.15, 0.2) is 0 Å². The molecule has 6 heteroatoms. The van der Waals surface area contributed by atoms with Crippen LogP contribution in [0.5, 0.6) is 0 Å². The summed E-state index contributed by atoms with van der Waals surface area (Å²) in [6, 6.07) is 0.345. The van der Waals surface area contributed by atoms with E-state index in [2.05, 4.69) is 17.1 Å². The second-order valence-corrected chi connectivity index (χ2v) is 7.54. The highest BCUT2D eigenvalue weighted by Crippen LogP contribution is 2.23. The molecule has 18 heavy (non-hydrogen) atoms. The summed E-state index contributed by atoms with van der Waals surface area (Å²) in [7, 11) is 2.86. The van der Waals surface area contributed by atoms with Gasteiger partial charge in [-0.15, -0.1) is 0 Å². The summed E-state index contributed by atoms with van der Waals surface area (Å²) in [4.78, 5) is 2.13. The molecule has 0 saturated carbocycles. The smallest absolute Gasteiger partial charge is 0.214 e. The normalized spacial score (nSPS) is 26.1. The van der Waals surface area contributed by atoms with E-state index >= 15 is 0 Å². The zero-order valence-corrected chi connectivity index (χ0v) is 12.8. The van der Waals surface area contributed by atoms with Crippen molar-refractivity contribution in [1.29, 1.82) is 0 Å². The molecule has 1 aliphatic heterocycles. The van der Waals surface area contributed by atoms with Crippen molar-refractivity contribution < 1.29 is 8.42 Å². The van der Waals surface area contributed by atoms with Crippen LogP contribution in [-0.2, 0) is 10.0 Å². The molecule has 0 amide bonds. The predicted octanol–water partition coefficient (Wildman–Crippen LogP) is 0.198. The third kappa shape index (κ3) is 4.19. The minimum Gasteiger partial charge on any atom is -0.320 e. The van der Waals surface area contributed by atoms with Gasteiger partial charge in [-0.1, -0.05) is 6.92 Å². The van der Waals surface area contributed by atoms with Crippen LogP contribution in [0.3, 0.4) is 0 Å². The van der Waals surface area contributed by atoms with Crippen LogP contribution in [0.4, 0.5) is 0 Å². The van der Waals surface area contributed by atoms with Crippen LogP contribution < -0.4 is 5.32 Å². The molecular weight excluding hydrogens is 250 g/mol. The Morgan fingerprint density at radius 3 is 2.44 bits per heavy atom. The summed E-state index contributed by atoms with van der Waals surface area (Å²) in [5.74, 6) is 0.689. The van der Waals surface area contributed by atoms with Gasteiger partial charge in [-0.2, -0.15) is 0 Å². The molecule has 2 atom stereocenters. The van der Waals surface area contributed by atoms with Crippen LogP contribution in [-0.4, -0.2) is 70.2 Å². The maximum atomic E-state index is 12.2. The molecule has 108 valence electrons. The number of rotatable bonds is 7. The standard InChI is InChI=1S/C12H27N3O2S/c1-11-9-15(10-12(11)14(3)4)18(16,17)8-6-5-7-13-2/h11-13H,5-10H2,1-4H3. The number of unbranched alkanes of at least 4 members (excludes halogenated alkanes) is 1. The Labute approximate surface area is 112 Å². The first-order valence-electron chi connectivity index (χ1n) is 6.67. The molecule has 0 aromatic heterocycles. The van der Waals surface area contributed by atoms with Crippen molar-refractivity contribution in [1.82, 2.24) is 14.5 Å². The van der Waals surface area contributed by atoms with Crippen molar-refractivity contribution in [3.05, 3.63) is 0 Å². The first-order valence-corrected chi connectivity index (χ1v) is 8.28. The van der Waals surface area contributed by atoms with Gasteiger partial charge >= 0.3 is 0 Å². The highest BCUT2D eigenvalue weighted by atomic mass is 32.2. The maximum Gasteiger partial charge on any atom is 0.214 e. The quantitative estimate of drug-likeness (QED) is 0.675.